The number of ether oxygens (including phenoxy) is 2. The van der Waals surface area contributed by atoms with Crippen molar-refractivity contribution in [1.29, 1.82) is 0 Å². The molecule has 0 saturated heterocycles. The summed E-state index contributed by atoms with van der Waals surface area (Å²) in [7, 11) is 3.35. The van der Waals surface area contributed by atoms with E-state index >= 15 is 0 Å². The van der Waals surface area contributed by atoms with Crippen molar-refractivity contribution in [1.82, 2.24) is 0 Å². The van der Waals surface area contributed by atoms with Crippen LogP contribution in [-0.4, -0.2) is 26.3 Å². The number of hydrogen-bond donors (Lipinski definition) is 0. The van der Waals surface area contributed by atoms with Crippen molar-refractivity contribution in [3.8, 4) is 0 Å². The predicted molar refractivity (Wildman–Crippen MR) is 65.0 cm³/mol. The van der Waals surface area contributed by atoms with E-state index in [0.29, 0.717) is 0 Å². The van der Waals surface area contributed by atoms with Crippen LogP contribution in [0, 0.1) is 0 Å². The molecule has 3 heteroatoms. The standard InChI is InChI=1S/C12H18O2S/c1-13-12(14-2)8-9-15-10-11-6-4-3-5-7-11/h3-7,12H,8-10H2,1-2H3. The van der Waals surface area contributed by atoms with Gasteiger partial charge >= 0.3 is 0 Å². The van der Waals surface area contributed by atoms with Gasteiger partial charge in [-0.05, 0) is 11.3 Å². The van der Waals surface area contributed by atoms with Gasteiger partial charge in [0.1, 0.15) is 0 Å². The number of hydrogen-bond acceptors (Lipinski definition) is 3. The van der Waals surface area contributed by atoms with Gasteiger partial charge in [-0.15, -0.1) is 0 Å². The van der Waals surface area contributed by atoms with Gasteiger partial charge in [-0.3, -0.25) is 0 Å². The third kappa shape index (κ3) is 5.21. The van der Waals surface area contributed by atoms with Gasteiger partial charge in [-0.1, -0.05) is 30.3 Å². The maximum Gasteiger partial charge on any atom is 0.157 e. The lowest BCUT2D eigenvalue weighted by Gasteiger charge is -2.12. The molecular weight excluding hydrogens is 208 g/mol. The molecule has 0 bridgehead atoms. The van der Waals surface area contributed by atoms with E-state index in [1.807, 2.05) is 17.8 Å². The van der Waals surface area contributed by atoms with Crippen LogP contribution in [0.2, 0.25) is 0 Å². The predicted octanol–water partition coefficient (Wildman–Crippen LogP) is 2.93. The van der Waals surface area contributed by atoms with Gasteiger partial charge in [0, 0.05) is 26.4 Å². The Hall–Kier alpha value is -0.510. The van der Waals surface area contributed by atoms with Gasteiger partial charge in [-0.2, -0.15) is 11.8 Å². The summed E-state index contributed by atoms with van der Waals surface area (Å²) in [6.45, 7) is 0. The van der Waals surface area contributed by atoms with Crippen LogP contribution in [0.4, 0.5) is 0 Å². The molecule has 0 aromatic heterocycles. The van der Waals surface area contributed by atoms with Crippen molar-refractivity contribution in [3.63, 3.8) is 0 Å². The lowest BCUT2D eigenvalue weighted by Crippen LogP contribution is -2.13. The molecule has 0 aliphatic heterocycles. The van der Waals surface area contributed by atoms with Crippen molar-refractivity contribution in [2.24, 2.45) is 0 Å². The van der Waals surface area contributed by atoms with Gasteiger partial charge in [0.15, 0.2) is 6.29 Å². The van der Waals surface area contributed by atoms with Crippen molar-refractivity contribution in [3.05, 3.63) is 35.9 Å². The minimum absolute atomic E-state index is 0.0618. The minimum atomic E-state index is -0.0618. The van der Waals surface area contributed by atoms with Crippen LogP contribution in [0.5, 0.6) is 0 Å². The van der Waals surface area contributed by atoms with E-state index in [2.05, 4.69) is 24.3 Å². The Labute approximate surface area is 96.0 Å². The highest BCUT2D eigenvalue weighted by Gasteiger charge is 2.03. The fourth-order valence-electron chi connectivity index (χ4n) is 1.28. The topological polar surface area (TPSA) is 18.5 Å². The summed E-state index contributed by atoms with van der Waals surface area (Å²) in [5, 5.41) is 0. The molecular formula is C12H18O2S. The maximum absolute atomic E-state index is 5.12. The maximum atomic E-state index is 5.12. The second-order valence-corrected chi connectivity index (χ2v) is 4.33. The van der Waals surface area contributed by atoms with Crippen molar-refractivity contribution in [2.45, 2.75) is 18.5 Å². The number of thioether (sulfide) groups is 1. The van der Waals surface area contributed by atoms with Crippen molar-refractivity contribution < 1.29 is 9.47 Å². The summed E-state index contributed by atoms with van der Waals surface area (Å²) in [5.74, 6) is 2.11. The van der Waals surface area contributed by atoms with Crippen LogP contribution < -0.4 is 0 Å². The van der Waals surface area contributed by atoms with Crippen molar-refractivity contribution >= 4 is 11.8 Å². The lowest BCUT2D eigenvalue weighted by atomic mass is 10.2. The molecule has 0 atom stereocenters. The molecule has 0 aliphatic rings. The lowest BCUT2D eigenvalue weighted by molar-refractivity contribution is -0.102. The SMILES string of the molecule is COC(CCSCc1ccccc1)OC. The average Bonchev–Trinajstić information content (AvgIpc) is 2.31. The summed E-state index contributed by atoms with van der Waals surface area (Å²) >= 11 is 1.91. The van der Waals surface area contributed by atoms with E-state index in [9.17, 15) is 0 Å². The van der Waals surface area contributed by atoms with E-state index < -0.39 is 0 Å². The van der Waals surface area contributed by atoms with Crippen LogP contribution >= 0.6 is 11.8 Å². The molecule has 0 unspecified atom stereocenters. The summed E-state index contributed by atoms with van der Waals surface area (Å²) in [5.41, 5.74) is 1.37. The van der Waals surface area contributed by atoms with Crippen LogP contribution in [0.25, 0.3) is 0 Å². The summed E-state index contributed by atoms with van der Waals surface area (Å²) < 4.78 is 10.2. The molecule has 1 rings (SSSR count). The average molecular weight is 226 g/mol. The zero-order valence-electron chi connectivity index (χ0n) is 9.31. The molecule has 15 heavy (non-hydrogen) atoms. The third-order valence-corrected chi connectivity index (χ3v) is 3.20. The van der Waals surface area contributed by atoms with Gasteiger partial charge < -0.3 is 9.47 Å². The molecule has 0 radical (unpaired) electrons. The van der Waals surface area contributed by atoms with Gasteiger partial charge in [0.2, 0.25) is 0 Å². The van der Waals surface area contributed by atoms with Crippen LogP contribution in [0.3, 0.4) is 0 Å². The molecule has 2 nitrogen and oxygen atoms in total. The van der Waals surface area contributed by atoms with Crippen LogP contribution in [0.15, 0.2) is 30.3 Å². The van der Waals surface area contributed by atoms with E-state index in [4.69, 9.17) is 9.47 Å². The Balaban J connectivity index is 2.12. The molecule has 1 aromatic carbocycles. The molecule has 0 fully saturated rings. The molecule has 84 valence electrons. The molecule has 1 aromatic rings. The first kappa shape index (κ1) is 12.6. The third-order valence-electron chi connectivity index (χ3n) is 2.14. The Morgan fingerprint density at radius 1 is 1.13 bits per heavy atom. The van der Waals surface area contributed by atoms with E-state index in [1.165, 1.54) is 5.56 Å². The Morgan fingerprint density at radius 2 is 1.80 bits per heavy atom. The largest absolute Gasteiger partial charge is 0.356 e. The fourth-order valence-corrected chi connectivity index (χ4v) is 2.21. The van der Waals surface area contributed by atoms with Crippen LogP contribution in [0.1, 0.15) is 12.0 Å². The summed E-state index contributed by atoms with van der Waals surface area (Å²) in [6, 6.07) is 10.5. The fraction of sp³-hybridized carbons (Fsp3) is 0.500. The highest BCUT2D eigenvalue weighted by molar-refractivity contribution is 7.98. The van der Waals surface area contributed by atoms with Gasteiger partial charge in [-0.25, -0.2) is 0 Å². The Kier molecular flexibility index (Phi) is 6.48. The monoisotopic (exact) mass is 226 g/mol. The highest BCUT2D eigenvalue weighted by Crippen LogP contribution is 2.14. The smallest absolute Gasteiger partial charge is 0.157 e. The molecule has 0 saturated carbocycles. The first-order chi connectivity index (χ1) is 7.36. The van der Waals surface area contributed by atoms with Crippen LogP contribution in [-0.2, 0) is 15.2 Å². The molecule has 0 aliphatic carbocycles. The van der Waals surface area contributed by atoms with Gasteiger partial charge in [0.05, 0.1) is 0 Å². The second-order valence-electron chi connectivity index (χ2n) is 3.23. The van der Waals surface area contributed by atoms with Crippen molar-refractivity contribution in [2.75, 3.05) is 20.0 Å². The highest BCUT2D eigenvalue weighted by atomic mass is 32.2. The zero-order chi connectivity index (χ0) is 10.9. The quantitative estimate of drug-likeness (QED) is 0.526. The number of benzene rings is 1. The normalized spacial score (nSPS) is 10.9. The van der Waals surface area contributed by atoms with E-state index in [1.54, 1.807) is 14.2 Å². The molecule has 0 amide bonds. The molecule has 0 spiro atoms. The zero-order valence-corrected chi connectivity index (χ0v) is 10.1. The summed E-state index contributed by atoms with van der Waals surface area (Å²) in [4.78, 5) is 0. The first-order valence-corrected chi connectivity index (χ1v) is 6.19. The number of rotatable bonds is 7. The number of methoxy groups -OCH3 is 2. The molecule has 0 heterocycles. The minimum Gasteiger partial charge on any atom is -0.356 e. The van der Waals surface area contributed by atoms with Gasteiger partial charge in [0.25, 0.3) is 0 Å². The van der Waals surface area contributed by atoms with E-state index in [-0.39, 0.29) is 6.29 Å². The Morgan fingerprint density at radius 3 is 2.40 bits per heavy atom. The van der Waals surface area contributed by atoms with E-state index in [0.717, 1.165) is 17.9 Å². The second kappa shape index (κ2) is 7.74. The summed E-state index contributed by atoms with van der Waals surface area (Å²) in [6.07, 6.45) is 0.873. The molecule has 0 N–H and O–H groups in total. The first-order valence-electron chi connectivity index (χ1n) is 5.04. The Bertz CT molecular complexity index is 247.